The summed E-state index contributed by atoms with van der Waals surface area (Å²) in [5.74, 6) is -0.282. The van der Waals surface area contributed by atoms with Crippen LogP contribution in [0.3, 0.4) is 0 Å². The van der Waals surface area contributed by atoms with Gasteiger partial charge in [-0.3, -0.25) is 4.79 Å². The number of nitrogens with one attached hydrogen (secondary N) is 1. The molecule has 5 heteroatoms. The maximum atomic E-state index is 12.1. The van der Waals surface area contributed by atoms with Crippen LogP contribution < -0.4 is 5.43 Å². The SMILES string of the molecule is O=C(NN=CCc1ccccc1)c1sc2ccccc2c1Cl. The molecule has 0 spiro atoms. The molecule has 3 aromatic rings. The van der Waals surface area contributed by atoms with Crippen molar-refractivity contribution in [3.63, 3.8) is 0 Å². The summed E-state index contributed by atoms with van der Waals surface area (Å²) in [7, 11) is 0. The van der Waals surface area contributed by atoms with Crippen molar-refractivity contribution < 1.29 is 4.79 Å². The number of hydrogen-bond donors (Lipinski definition) is 1. The van der Waals surface area contributed by atoms with Crippen LogP contribution in [0.5, 0.6) is 0 Å². The van der Waals surface area contributed by atoms with Crippen molar-refractivity contribution in [3.05, 3.63) is 70.1 Å². The minimum absolute atomic E-state index is 0.282. The lowest BCUT2D eigenvalue weighted by Gasteiger charge is -1.97. The fourth-order valence-electron chi connectivity index (χ4n) is 2.08. The summed E-state index contributed by atoms with van der Waals surface area (Å²) in [6.07, 6.45) is 2.34. The van der Waals surface area contributed by atoms with Crippen LogP contribution in [0.25, 0.3) is 10.1 Å². The molecular weight excluding hydrogens is 316 g/mol. The van der Waals surface area contributed by atoms with E-state index in [0.717, 1.165) is 15.6 Å². The molecule has 1 N–H and O–H groups in total. The van der Waals surface area contributed by atoms with Gasteiger partial charge >= 0.3 is 0 Å². The van der Waals surface area contributed by atoms with Crippen LogP contribution in [0.1, 0.15) is 15.2 Å². The van der Waals surface area contributed by atoms with Crippen molar-refractivity contribution in [2.24, 2.45) is 5.10 Å². The van der Waals surface area contributed by atoms with Gasteiger partial charge in [0.05, 0.1) is 5.02 Å². The fraction of sp³-hybridized carbons (Fsp3) is 0.0588. The first-order valence-corrected chi connectivity index (χ1v) is 7.98. The van der Waals surface area contributed by atoms with Gasteiger partial charge in [-0.25, -0.2) is 5.43 Å². The number of fused-ring (bicyclic) bond motifs is 1. The van der Waals surface area contributed by atoms with Crippen molar-refractivity contribution in [2.45, 2.75) is 6.42 Å². The zero-order valence-corrected chi connectivity index (χ0v) is 13.2. The molecule has 2 aromatic carbocycles. The summed E-state index contributed by atoms with van der Waals surface area (Å²) in [5, 5.41) is 5.36. The van der Waals surface area contributed by atoms with E-state index in [2.05, 4.69) is 10.5 Å². The van der Waals surface area contributed by atoms with E-state index in [9.17, 15) is 4.79 Å². The number of benzene rings is 2. The van der Waals surface area contributed by atoms with Crippen molar-refractivity contribution in [1.29, 1.82) is 0 Å². The Morgan fingerprint density at radius 1 is 1.14 bits per heavy atom. The molecule has 0 aliphatic carbocycles. The van der Waals surface area contributed by atoms with Crippen LogP contribution in [0.2, 0.25) is 5.02 Å². The van der Waals surface area contributed by atoms with E-state index >= 15 is 0 Å². The predicted molar refractivity (Wildman–Crippen MR) is 92.9 cm³/mol. The minimum Gasteiger partial charge on any atom is -0.266 e. The van der Waals surface area contributed by atoms with Gasteiger partial charge in [0.25, 0.3) is 5.91 Å². The molecule has 1 aromatic heterocycles. The van der Waals surface area contributed by atoms with Crippen molar-refractivity contribution in [3.8, 4) is 0 Å². The first-order chi connectivity index (χ1) is 10.8. The Hall–Kier alpha value is -2.17. The quantitative estimate of drug-likeness (QED) is 0.555. The molecule has 0 saturated carbocycles. The molecule has 0 bridgehead atoms. The Bertz CT molecular complexity index is 827. The number of amides is 1. The lowest BCUT2D eigenvalue weighted by atomic mass is 10.2. The van der Waals surface area contributed by atoms with Gasteiger partial charge in [-0.15, -0.1) is 11.3 Å². The second kappa shape index (κ2) is 6.73. The molecule has 22 heavy (non-hydrogen) atoms. The minimum atomic E-state index is -0.282. The van der Waals surface area contributed by atoms with Gasteiger partial charge in [0.15, 0.2) is 0 Å². The second-order valence-corrected chi connectivity index (χ2v) is 6.11. The Morgan fingerprint density at radius 3 is 2.64 bits per heavy atom. The molecule has 1 amide bonds. The van der Waals surface area contributed by atoms with E-state index in [-0.39, 0.29) is 5.91 Å². The number of hydrogen-bond acceptors (Lipinski definition) is 3. The Morgan fingerprint density at radius 2 is 1.86 bits per heavy atom. The van der Waals surface area contributed by atoms with Crippen LogP contribution in [-0.4, -0.2) is 12.1 Å². The third-order valence-electron chi connectivity index (χ3n) is 3.17. The van der Waals surface area contributed by atoms with Gasteiger partial charge < -0.3 is 0 Å². The summed E-state index contributed by atoms with van der Waals surface area (Å²) in [6, 6.07) is 17.6. The monoisotopic (exact) mass is 328 g/mol. The third kappa shape index (κ3) is 3.18. The molecule has 3 rings (SSSR count). The van der Waals surface area contributed by atoms with E-state index in [0.29, 0.717) is 16.3 Å². The van der Waals surface area contributed by atoms with E-state index in [4.69, 9.17) is 11.6 Å². The summed E-state index contributed by atoms with van der Waals surface area (Å²) in [4.78, 5) is 12.6. The predicted octanol–water partition coefficient (Wildman–Crippen LogP) is 4.51. The van der Waals surface area contributed by atoms with Gasteiger partial charge in [0.1, 0.15) is 4.88 Å². The molecule has 3 nitrogen and oxygen atoms in total. The third-order valence-corrected chi connectivity index (χ3v) is 4.84. The summed E-state index contributed by atoms with van der Waals surface area (Å²) in [6.45, 7) is 0. The molecule has 0 saturated heterocycles. The average molecular weight is 329 g/mol. The Labute approximate surface area is 137 Å². The topological polar surface area (TPSA) is 41.5 Å². The maximum Gasteiger partial charge on any atom is 0.282 e. The summed E-state index contributed by atoms with van der Waals surface area (Å²) >= 11 is 7.63. The Balaban J connectivity index is 1.67. The van der Waals surface area contributed by atoms with Gasteiger partial charge in [-0.2, -0.15) is 5.10 Å². The number of hydrazone groups is 1. The number of nitrogens with zero attached hydrogens (tertiary/aromatic N) is 1. The molecule has 0 atom stereocenters. The molecular formula is C17H13ClN2OS. The lowest BCUT2D eigenvalue weighted by Crippen LogP contribution is -2.16. The number of halogens is 1. The van der Waals surface area contributed by atoms with Gasteiger partial charge in [0, 0.05) is 22.7 Å². The molecule has 0 unspecified atom stereocenters. The Kier molecular flexibility index (Phi) is 4.51. The molecule has 1 heterocycles. The zero-order valence-electron chi connectivity index (χ0n) is 11.6. The van der Waals surface area contributed by atoms with Gasteiger partial charge in [0.2, 0.25) is 0 Å². The summed E-state index contributed by atoms with van der Waals surface area (Å²) in [5.41, 5.74) is 3.67. The number of carbonyl (C=O) groups is 1. The lowest BCUT2D eigenvalue weighted by molar-refractivity contribution is 0.0959. The van der Waals surface area contributed by atoms with E-state index in [1.165, 1.54) is 11.3 Å². The van der Waals surface area contributed by atoms with Gasteiger partial charge in [-0.1, -0.05) is 60.1 Å². The first kappa shape index (κ1) is 14.8. The van der Waals surface area contributed by atoms with Gasteiger partial charge in [-0.05, 0) is 11.6 Å². The molecule has 110 valence electrons. The van der Waals surface area contributed by atoms with Crippen LogP contribution in [0.15, 0.2) is 59.7 Å². The summed E-state index contributed by atoms with van der Waals surface area (Å²) < 4.78 is 0.992. The van der Waals surface area contributed by atoms with Crippen LogP contribution in [-0.2, 0) is 6.42 Å². The zero-order chi connectivity index (χ0) is 15.4. The molecule has 0 aliphatic heterocycles. The second-order valence-electron chi connectivity index (χ2n) is 4.68. The highest BCUT2D eigenvalue weighted by molar-refractivity contribution is 7.21. The van der Waals surface area contributed by atoms with Crippen molar-refractivity contribution >= 4 is 45.1 Å². The highest BCUT2D eigenvalue weighted by Gasteiger charge is 2.16. The average Bonchev–Trinajstić information content (AvgIpc) is 2.90. The molecule has 0 aliphatic rings. The van der Waals surface area contributed by atoms with E-state index < -0.39 is 0 Å². The van der Waals surface area contributed by atoms with Crippen LogP contribution in [0.4, 0.5) is 0 Å². The van der Waals surface area contributed by atoms with E-state index in [1.54, 1.807) is 6.21 Å². The van der Waals surface area contributed by atoms with Crippen LogP contribution in [0, 0.1) is 0 Å². The highest BCUT2D eigenvalue weighted by atomic mass is 35.5. The standard InChI is InChI=1S/C17H13ClN2OS/c18-15-13-8-4-5-9-14(13)22-16(15)17(21)20-19-11-10-12-6-2-1-3-7-12/h1-9,11H,10H2,(H,20,21). The smallest absolute Gasteiger partial charge is 0.266 e. The van der Waals surface area contributed by atoms with Crippen LogP contribution >= 0.6 is 22.9 Å². The van der Waals surface area contributed by atoms with Crippen molar-refractivity contribution in [1.82, 2.24) is 5.43 Å². The molecule has 0 fully saturated rings. The fourth-order valence-corrected chi connectivity index (χ4v) is 3.49. The number of thiophene rings is 1. The van der Waals surface area contributed by atoms with E-state index in [1.807, 2.05) is 54.6 Å². The maximum absolute atomic E-state index is 12.1. The molecule has 0 radical (unpaired) electrons. The number of rotatable bonds is 4. The highest BCUT2D eigenvalue weighted by Crippen LogP contribution is 2.34. The first-order valence-electron chi connectivity index (χ1n) is 6.78. The normalized spacial score (nSPS) is 11.1. The largest absolute Gasteiger partial charge is 0.282 e. The van der Waals surface area contributed by atoms with Crippen molar-refractivity contribution in [2.75, 3.05) is 0 Å². The number of carbonyl (C=O) groups excluding carboxylic acids is 1.